The normalized spacial score (nSPS) is 12.0. The fraction of sp³-hybridized carbons (Fsp3) is 0.462. The van der Waals surface area contributed by atoms with Crippen LogP contribution in [0.4, 0.5) is 5.69 Å². The zero-order valence-corrected chi connectivity index (χ0v) is 21.9. The first kappa shape index (κ1) is 28.2. The third-order valence-electron chi connectivity index (χ3n) is 5.62. The van der Waals surface area contributed by atoms with E-state index < -0.39 is 16.1 Å². The summed E-state index contributed by atoms with van der Waals surface area (Å²) in [6.07, 6.45) is 2.85. The minimum Gasteiger partial charge on any atom is -0.497 e. The molecule has 2 rings (SSSR count). The third-order valence-corrected chi connectivity index (χ3v) is 6.81. The first-order valence-corrected chi connectivity index (χ1v) is 13.8. The Morgan fingerprint density at radius 2 is 1.77 bits per heavy atom. The van der Waals surface area contributed by atoms with Gasteiger partial charge in [0.25, 0.3) is 0 Å². The lowest BCUT2D eigenvalue weighted by molar-refractivity contribution is -0.141. The van der Waals surface area contributed by atoms with Gasteiger partial charge in [-0.15, -0.1) is 0 Å². The smallest absolute Gasteiger partial charge is 0.242 e. The zero-order chi connectivity index (χ0) is 25.8. The lowest BCUT2D eigenvalue weighted by Gasteiger charge is -2.31. The van der Waals surface area contributed by atoms with Crippen LogP contribution in [0.1, 0.15) is 45.1 Å². The summed E-state index contributed by atoms with van der Waals surface area (Å²) in [5.74, 6) is 0.283. The highest BCUT2D eigenvalue weighted by Crippen LogP contribution is 2.20. The number of methoxy groups -OCH3 is 1. The second-order valence-corrected chi connectivity index (χ2v) is 10.3. The molecule has 0 spiro atoms. The van der Waals surface area contributed by atoms with Crippen molar-refractivity contribution in [3.63, 3.8) is 0 Å². The van der Waals surface area contributed by atoms with Gasteiger partial charge in [-0.25, -0.2) is 8.42 Å². The van der Waals surface area contributed by atoms with Crippen molar-refractivity contribution < 1.29 is 22.7 Å². The van der Waals surface area contributed by atoms with Crippen molar-refractivity contribution in [2.75, 3.05) is 30.8 Å². The fourth-order valence-electron chi connectivity index (χ4n) is 3.85. The number of rotatable bonds is 14. The highest BCUT2D eigenvalue weighted by molar-refractivity contribution is 7.92. The Morgan fingerprint density at radius 3 is 2.37 bits per heavy atom. The van der Waals surface area contributed by atoms with Crippen molar-refractivity contribution in [2.45, 2.75) is 52.1 Å². The van der Waals surface area contributed by atoms with Gasteiger partial charge in [0.2, 0.25) is 21.8 Å². The molecule has 9 heteroatoms. The second kappa shape index (κ2) is 13.7. The molecule has 0 saturated heterocycles. The molecule has 0 aliphatic heterocycles. The molecule has 0 aliphatic rings. The molecule has 1 atom stereocenters. The molecule has 2 aromatic rings. The monoisotopic (exact) mass is 503 g/mol. The van der Waals surface area contributed by atoms with E-state index in [1.165, 1.54) is 4.31 Å². The van der Waals surface area contributed by atoms with E-state index in [1.807, 2.05) is 44.2 Å². The number of carbonyl (C=O) groups excluding carboxylic acids is 2. The standard InChI is InChI=1S/C26H37N3O5S/c1-5-17-27-26(31)24(6-2)28(20-21-12-10-15-23(19-21)34-3)25(30)16-11-18-29(35(4,32)33)22-13-8-7-9-14-22/h7-10,12-15,19,24H,5-6,11,16-18,20H2,1-4H3,(H,27,31)/t24-/m0/s1. The van der Waals surface area contributed by atoms with E-state index in [4.69, 9.17) is 4.74 Å². The Morgan fingerprint density at radius 1 is 1.06 bits per heavy atom. The number of nitrogens with one attached hydrogen (secondary N) is 1. The predicted molar refractivity (Wildman–Crippen MR) is 139 cm³/mol. The minimum atomic E-state index is -3.51. The molecular formula is C26H37N3O5S. The zero-order valence-electron chi connectivity index (χ0n) is 21.1. The van der Waals surface area contributed by atoms with E-state index >= 15 is 0 Å². The summed E-state index contributed by atoms with van der Waals surface area (Å²) in [5.41, 5.74) is 1.41. The first-order chi connectivity index (χ1) is 16.7. The fourth-order valence-corrected chi connectivity index (χ4v) is 4.82. The van der Waals surface area contributed by atoms with Gasteiger partial charge in [0, 0.05) is 26.1 Å². The maximum Gasteiger partial charge on any atom is 0.242 e. The topological polar surface area (TPSA) is 96.0 Å². The molecule has 0 aromatic heterocycles. The first-order valence-electron chi connectivity index (χ1n) is 11.9. The molecule has 0 aliphatic carbocycles. The van der Waals surface area contributed by atoms with Crippen LogP contribution in [0, 0.1) is 0 Å². The lowest BCUT2D eigenvalue weighted by Crippen LogP contribution is -2.49. The second-order valence-electron chi connectivity index (χ2n) is 8.36. The van der Waals surface area contributed by atoms with E-state index in [-0.39, 0.29) is 31.3 Å². The van der Waals surface area contributed by atoms with Crippen LogP contribution in [0.25, 0.3) is 0 Å². The van der Waals surface area contributed by atoms with Crippen LogP contribution in [0.2, 0.25) is 0 Å². The van der Waals surface area contributed by atoms with Gasteiger partial charge in [0.15, 0.2) is 0 Å². The van der Waals surface area contributed by atoms with Crippen molar-refractivity contribution in [2.24, 2.45) is 0 Å². The SMILES string of the molecule is CCCNC(=O)[C@H](CC)N(Cc1cccc(OC)c1)C(=O)CCCN(c1ccccc1)S(C)(=O)=O. The summed E-state index contributed by atoms with van der Waals surface area (Å²) in [4.78, 5) is 27.9. The molecule has 35 heavy (non-hydrogen) atoms. The average Bonchev–Trinajstić information content (AvgIpc) is 2.84. The maximum atomic E-state index is 13.4. The van der Waals surface area contributed by atoms with Crippen LogP contribution >= 0.6 is 0 Å². The summed E-state index contributed by atoms with van der Waals surface area (Å²) in [7, 11) is -1.93. The van der Waals surface area contributed by atoms with Gasteiger partial charge in [0.05, 0.1) is 19.1 Å². The summed E-state index contributed by atoms with van der Waals surface area (Å²) >= 11 is 0. The molecule has 0 radical (unpaired) electrons. The van der Waals surface area contributed by atoms with Gasteiger partial charge in [0.1, 0.15) is 11.8 Å². The number of hydrogen-bond acceptors (Lipinski definition) is 5. The van der Waals surface area contributed by atoms with E-state index in [0.29, 0.717) is 30.8 Å². The quantitative estimate of drug-likeness (QED) is 0.425. The molecule has 192 valence electrons. The molecule has 0 heterocycles. The number of anilines is 1. The number of benzene rings is 2. The molecule has 2 amide bonds. The van der Waals surface area contributed by atoms with Gasteiger partial charge in [-0.05, 0) is 49.1 Å². The Bertz CT molecular complexity index is 1060. The van der Waals surface area contributed by atoms with Crippen LogP contribution in [-0.4, -0.2) is 57.6 Å². The van der Waals surface area contributed by atoms with Crippen molar-refractivity contribution in [3.8, 4) is 5.75 Å². The Kier molecular flexibility index (Phi) is 11.0. The van der Waals surface area contributed by atoms with Crippen molar-refractivity contribution in [3.05, 3.63) is 60.2 Å². The summed E-state index contributed by atoms with van der Waals surface area (Å²) in [6, 6.07) is 15.6. The Hall–Kier alpha value is -3.07. The van der Waals surface area contributed by atoms with E-state index in [2.05, 4.69) is 5.32 Å². The molecule has 1 N–H and O–H groups in total. The molecule has 0 bridgehead atoms. The Balaban J connectivity index is 2.20. The van der Waals surface area contributed by atoms with Gasteiger partial charge < -0.3 is 15.0 Å². The van der Waals surface area contributed by atoms with E-state index in [1.54, 1.807) is 36.3 Å². The number of hydrogen-bond donors (Lipinski definition) is 1. The number of carbonyl (C=O) groups is 2. The van der Waals surface area contributed by atoms with E-state index in [0.717, 1.165) is 18.2 Å². The maximum absolute atomic E-state index is 13.4. The largest absolute Gasteiger partial charge is 0.497 e. The van der Waals surface area contributed by atoms with Crippen LogP contribution in [0.3, 0.4) is 0 Å². The molecule has 8 nitrogen and oxygen atoms in total. The molecule has 0 fully saturated rings. The van der Waals surface area contributed by atoms with E-state index in [9.17, 15) is 18.0 Å². The van der Waals surface area contributed by atoms with Gasteiger partial charge >= 0.3 is 0 Å². The summed E-state index contributed by atoms with van der Waals surface area (Å²) in [6.45, 7) is 4.81. The van der Waals surface area contributed by atoms with Crippen LogP contribution in [-0.2, 0) is 26.2 Å². The number of sulfonamides is 1. The summed E-state index contributed by atoms with van der Waals surface area (Å²) < 4.78 is 31.3. The van der Waals surface area contributed by atoms with Crippen LogP contribution in [0.5, 0.6) is 5.75 Å². The lowest BCUT2D eigenvalue weighted by atomic mass is 10.1. The van der Waals surface area contributed by atoms with Crippen molar-refractivity contribution >= 4 is 27.5 Å². The number of ether oxygens (including phenoxy) is 1. The van der Waals surface area contributed by atoms with Crippen LogP contribution < -0.4 is 14.4 Å². The minimum absolute atomic E-state index is 0.111. The number of amides is 2. The van der Waals surface area contributed by atoms with Crippen LogP contribution in [0.15, 0.2) is 54.6 Å². The van der Waals surface area contributed by atoms with Crippen molar-refractivity contribution in [1.29, 1.82) is 0 Å². The highest BCUT2D eigenvalue weighted by Gasteiger charge is 2.28. The van der Waals surface area contributed by atoms with Gasteiger partial charge in [-0.2, -0.15) is 0 Å². The van der Waals surface area contributed by atoms with Gasteiger partial charge in [-0.3, -0.25) is 13.9 Å². The summed E-state index contributed by atoms with van der Waals surface area (Å²) in [5, 5.41) is 2.90. The number of para-hydroxylation sites is 1. The number of nitrogens with zero attached hydrogens (tertiary/aromatic N) is 2. The molecule has 0 saturated carbocycles. The van der Waals surface area contributed by atoms with Gasteiger partial charge in [-0.1, -0.05) is 44.2 Å². The third kappa shape index (κ3) is 8.58. The predicted octanol–water partition coefficient (Wildman–Crippen LogP) is 3.58. The average molecular weight is 504 g/mol. The molecule has 2 aromatic carbocycles. The Labute approximate surface area is 209 Å². The molecular weight excluding hydrogens is 466 g/mol. The van der Waals surface area contributed by atoms with Crippen molar-refractivity contribution in [1.82, 2.24) is 10.2 Å². The molecule has 0 unspecified atom stereocenters. The highest BCUT2D eigenvalue weighted by atomic mass is 32.2.